The molecule has 1 aliphatic heterocycles. The summed E-state index contributed by atoms with van der Waals surface area (Å²) in [6, 6.07) is 7.77. The third kappa shape index (κ3) is 4.13. The second kappa shape index (κ2) is 8.05. The molecule has 2 aromatic rings. The van der Waals surface area contributed by atoms with Gasteiger partial charge < -0.3 is 14.4 Å². The predicted molar refractivity (Wildman–Crippen MR) is 94.8 cm³/mol. The lowest BCUT2D eigenvalue weighted by atomic mass is 10.0. The lowest BCUT2D eigenvalue weighted by Gasteiger charge is -2.36. The van der Waals surface area contributed by atoms with Gasteiger partial charge >= 0.3 is 0 Å². The van der Waals surface area contributed by atoms with E-state index in [-0.39, 0.29) is 11.9 Å². The Labute approximate surface area is 148 Å². The molecule has 1 aromatic heterocycles. The molecule has 0 saturated carbocycles. The number of methoxy groups -OCH3 is 2. The minimum absolute atomic E-state index is 0.157. The highest BCUT2D eigenvalue weighted by Crippen LogP contribution is 2.28. The Morgan fingerprint density at radius 3 is 2.80 bits per heavy atom. The molecule has 0 N–H and O–H groups in total. The van der Waals surface area contributed by atoms with Crippen LogP contribution >= 0.6 is 0 Å². The fourth-order valence-electron chi connectivity index (χ4n) is 3.41. The maximum absolute atomic E-state index is 12.9. The van der Waals surface area contributed by atoms with Crippen molar-refractivity contribution in [1.29, 1.82) is 0 Å². The molecule has 0 bridgehead atoms. The minimum Gasteiger partial charge on any atom is -0.493 e. The zero-order chi connectivity index (χ0) is 17.6. The van der Waals surface area contributed by atoms with Crippen molar-refractivity contribution >= 4 is 5.91 Å². The van der Waals surface area contributed by atoms with Crippen molar-refractivity contribution in [3.8, 4) is 11.5 Å². The van der Waals surface area contributed by atoms with Crippen LogP contribution in [0.3, 0.4) is 0 Å². The molecule has 3 rings (SSSR count). The molecule has 0 spiro atoms. The van der Waals surface area contributed by atoms with Crippen LogP contribution in [0.4, 0.5) is 0 Å². The van der Waals surface area contributed by atoms with Gasteiger partial charge in [-0.15, -0.1) is 0 Å². The van der Waals surface area contributed by atoms with E-state index in [1.165, 1.54) is 0 Å². The van der Waals surface area contributed by atoms with Crippen molar-refractivity contribution in [2.45, 2.75) is 38.3 Å². The highest BCUT2D eigenvalue weighted by Gasteiger charge is 2.27. The van der Waals surface area contributed by atoms with Crippen LogP contribution in [0.1, 0.15) is 24.8 Å². The van der Waals surface area contributed by atoms with Gasteiger partial charge in [0.25, 0.3) is 0 Å². The molecule has 1 aromatic carbocycles. The molecule has 6 heteroatoms. The van der Waals surface area contributed by atoms with Gasteiger partial charge in [0, 0.05) is 18.9 Å². The van der Waals surface area contributed by atoms with Crippen LogP contribution in [0.25, 0.3) is 0 Å². The molecule has 1 saturated heterocycles. The summed E-state index contributed by atoms with van der Waals surface area (Å²) in [7, 11) is 3.21. The van der Waals surface area contributed by atoms with Gasteiger partial charge in [-0.1, -0.05) is 6.07 Å². The van der Waals surface area contributed by atoms with Crippen molar-refractivity contribution in [2.75, 3.05) is 20.8 Å². The summed E-state index contributed by atoms with van der Waals surface area (Å²) in [6.07, 6.45) is 7.34. The Kier molecular flexibility index (Phi) is 5.58. The summed E-state index contributed by atoms with van der Waals surface area (Å²) in [6.45, 7) is 1.57. The molecule has 1 fully saturated rings. The van der Waals surface area contributed by atoms with Gasteiger partial charge in [0.1, 0.15) is 0 Å². The summed E-state index contributed by atoms with van der Waals surface area (Å²) >= 11 is 0. The van der Waals surface area contributed by atoms with E-state index >= 15 is 0 Å². The summed E-state index contributed by atoms with van der Waals surface area (Å²) in [5.74, 6) is 1.48. The fourth-order valence-corrected chi connectivity index (χ4v) is 3.41. The van der Waals surface area contributed by atoms with Crippen LogP contribution in [-0.2, 0) is 17.8 Å². The lowest BCUT2D eigenvalue weighted by molar-refractivity contribution is -0.134. The summed E-state index contributed by atoms with van der Waals surface area (Å²) in [5, 5.41) is 4.28. The van der Waals surface area contributed by atoms with Crippen molar-refractivity contribution in [2.24, 2.45) is 0 Å². The number of benzene rings is 1. The zero-order valence-electron chi connectivity index (χ0n) is 14.9. The first-order chi connectivity index (χ1) is 12.2. The van der Waals surface area contributed by atoms with Crippen LogP contribution in [0.15, 0.2) is 36.7 Å². The smallest absolute Gasteiger partial charge is 0.227 e. The molecule has 0 radical (unpaired) electrons. The van der Waals surface area contributed by atoms with Gasteiger partial charge in [-0.2, -0.15) is 5.10 Å². The fraction of sp³-hybridized carbons (Fsp3) is 0.474. The molecule has 1 aliphatic rings. The number of hydrogen-bond donors (Lipinski definition) is 0. The first kappa shape index (κ1) is 17.3. The number of hydrogen-bond acceptors (Lipinski definition) is 4. The molecular formula is C19H25N3O3. The third-order valence-corrected chi connectivity index (χ3v) is 4.71. The summed E-state index contributed by atoms with van der Waals surface area (Å²) < 4.78 is 12.5. The topological polar surface area (TPSA) is 56.6 Å². The first-order valence-electron chi connectivity index (χ1n) is 8.69. The number of carbonyl (C=O) groups excluding carboxylic acids is 1. The lowest BCUT2D eigenvalue weighted by Crippen LogP contribution is -2.46. The zero-order valence-corrected chi connectivity index (χ0v) is 14.9. The number of amides is 1. The molecule has 1 atom stereocenters. The summed E-state index contributed by atoms with van der Waals surface area (Å²) in [5.41, 5.74) is 0.936. The van der Waals surface area contributed by atoms with Gasteiger partial charge in [0.15, 0.2) is 11.5 Å². The molecular weight excluding hydrogens is 318 g/mol. The number of aromatic nitrogens is 2. The van der Waals surface area contributed by atoms with E-state index in [2.05, 4.69) is 5.10 Å². The Hall–Kier alpha value is -2.50. The van der Waals surface area contributed by atoms with Gasteiger partial charge in [-0.05, 0) is 43.0 Å². The van der Waals surface area contributed by atoms with Crippen LogP contribution in [-0.4, -0.2) is 47.4 Å². The SMILES string of the molecule is COc1ccc(CC(=O)N2CCCC[C@H]2Cn2cccn2)cc1OC. The van der Waals surface area contributed by atoms with E-state index in [1.54, 1.807) is 20.4 Å². The van der Waals surface area contributed by atoms with Crippen molar-refractivity contribution in [3.05, 3.63) is 42.2 Å². The monoisotopic (exact) mass is 343 g/mol. The number of carbonyl (C=O) groups is 1. The van der Waals surface area contributed by atoms with Crippen molar-refractivity contribution in [3.63, 3.8) is 0 Å². The van der Waals surface area contributed by atoms with E-state index in [1.807, 2.05) is 40.0 Å². The Morgan fingerprint density at radius 1 is 1.24 bits per heavy atom. The number of likely N-dealkylation sites (tertiary alicyclic amines) is 1. The van der Waals surface area contributed by atoms with Crippen LogP contribution in [0.2, 0.25) is 0 Å². The highest BCUT2D eigenvalue weighted by atomic mass is 16.5. The van der Waals surface area contributed by atoms with Crippen LogP contribution in [0.5, 0.6) is 11.5 Å². The highest BCUT2D eigenvalue weighted by molar-refractivity contribution is 5.79. The van der Waals surface area contributed by atoms with Crippen molar-refractivity contribution in [1.82, 2.24) is 14.7 Å². The Morgan fingerprint density at radius 2 is 2.08 bits per heavy atom. The molecule has 2 heterocycles. The van der Waals surface area contributed by atoms with Gasteiger partial charge in [0.2, 0.25) is 5.91 Å². The van der Waals surface area contributed by atoms with Gasteiger partial charge in [0.05, 0.1) is 33.2 Å². The molecule has 25 heavy (non-hydrogen) atoms. The quantitative estimate of drug-likeness (QED) is 0.809. The van der Waals surface area contributed by atoms with Gasteiger partial charge in [-0.3, -0.25) is 9.48 Å². The molecule has 134 valence electrons. The molecule has 0 aliphatic carbocycles. The summed E-state index contributed by atoms with van der Waals surface area (Å²) in [4.78, 5) is 14.9. The first-order valence-corrected chi connectivity index (χ1v) is 8.69. The second-order valence-electron chi connectivity index (χ2n) is 6.33. The minimum atomic E-state index is 0.157. The van der Waals surface area contributed by atoms with E-state index in [9.17, 15) is 4.79 Å². The van der Waals surface area contributed by atoms with Crippen LogP contribution < -0.4 is 9.47 Å². The standard InChI is InChI=1S/C19H25N3O3/c1-24-17-8-7-15(12-18(17)25-2)13-19(23)22-11-4-3-6-16(22)14-21-10-5-9-20-21/h5,7-10,12,16H,3-4,6,11,13-14H2,1-2H3/t16-/m0/s1. The van der Waals surface area contributed by atoms with Crippen molar-refractivity contribution < 1.29 is 14.3 Å². The second-order valence-corrected chi connectivity index (χ2v) is 6.33. The normalized spacial score (nSPS) is 17.4. The Balaban J connectivity index is 1.70. The van der Waals surface area contributed by atoms with E-state index in [0.29, 0.717) is 17.9 Å². The predicted octanol–water partition coefficient (Wildman–Crippen LogP) is 2.52. The number of piperidine rings is 1. The largest absolute Gasteiger partial charge is 0.493 e. The molecule has 0 unspecified atom stereocenters. The molecule has 1 amide bonds. The van der Waals surface area contributed by atoms with Gasteiger partial charge in [-0.25, -0.2) is 0 Å². The Bertz CT molecular complexity index is 700. The third-order valence-electron chi connectivity index (χ3n) is 4.71. The molecule has 6 nitrogen and oxygen atoms in total. The van der Waals surface area contributed by atoms with E-state index in [4.69, 9.17) is 9.47 Å². The van der Waals surface area contributed by atoms with E-state index < -0.39 is 0 Å². The average Bonchev–Trinajstić information content (AvgIpc) is 3.15. The number of rotatable bonds is 6. The number of nitrogens with zero attached hydrogens (tertiary/aromatic N) is 3. The maximum atomic E-state index is 12.9. The van der Waals surface area contributed by atoms with E-state index in [0.717, 1.165) is 37.9 Å². The maximum Gasteiger partial charge on any atom is 0.227 e. The average molecular weight is 343 g/mol. The van der Waals surface area contributed by atoms with Crippen LogP contribution in [0, 0.1) is 0 Å². The number of ether oxygens (including phenoxy) is 2.